The second-order valence-corrected chi connectivity index (χ2v) is 5.68. The van der Waals surface area contributed by atoms with Crippen LogP contribution in [0.4, 0.5) is 20.6 Å². The molecule has 1 amide bonds. The summed E-state index contributed by atoms with van der Waals surface area (Å²) in [5, 5.41) is 0. The van der Waals surface area contributed by atoms with Crippen molar-refractivity contribution in [2.24, 2.45) is 10.7 Å². The smallest absolute Gasteiger partial charge is 0.414 e. The third-order valence-electron chi connectivity index (χ3n) is 2.37. The van der Waals surface area contributed by atoms with Crippen molar-refractivity contribution in [2.75, 3.05) is 17.8 Å². The molecule has 0 fully saturated rings. The summed E-state index contributed by atoms with van der Waals surface area (Å²) in [6, 6.07) is 3.84. The molecular formula is C14H19ClFN3O2. The Bertz CT molecular complexity index is 556. The number of ether oxygens (including phenoxy) is 1. The number of nitrogens with two attached hydrogens (primary N) is 1. The van der Waals surface area contributed by atoms with Gasteiger partial charge >= 0.3 is 6.09 Å². The number of rotatable bonds is 3. The molecule has 0 aromatic heterocycles. The molecule has 0 bridgehead atoms. The monoisotopic (exact) mass is 315 g/mol. The SMILES string of the molecule is CN(C(=O)OC(C)(C)C)c1cc(F)ccc1N=C(N)CCl. The Morgan fingerprint density at radius 2 is 2.10 bits per heavy atom. The maximum atomic E-state index is 13.4. The van der Waals surface area contributed by atoms with E-state index in [-0.39, 0.29) is 17.4 Å². The number of amides is 1. The standard InChI is InChI=1S/C14H19ClFN3O2/c1-14(2,3)21-13(20)19(4)11-7-9(16)5-6-10(11)18-12(17)8-15/h5-7H,8H2,1-4H3,(H2,17,18). The van der Waals surface area contributed by atoms with Gasteiger partial charge in [0.15, 0.2) is 0 Å². The first-order valence-electron chi connectivity index (χ1n) is 6.29. The first kappa shape index (κ1) is 17.2. The lowest BCUT2D eigenvalue weighted by atomic mass is 10.2. The average molecular weight is 316 g/mol. The first-order chi connectivity index (χ1) is 9.64. The number of carbonyl (C=O) groups excluding carboxylic acids is 1. The zero-order chi connectivity index (χ0) is 16.2. The molecule has 0 saturated heterocycles. The van der Waals surface area contributed by atoms with Crippen LogP contribution in [-0.2, 0) is 4.74 Å². The van der Waals surface area contributed by atoms with Gasteiger partial charge < -0.3 is 10.5 Å². The number of carbonyl (C=O) groups is 1. The molecule has 0 saturated carbocycles. The summed E-state index contributed by atoms with van der Waals surface area (Å²) in [5.41, 5.74) is 5.51. The van der Waals surface area contributed by atoms with Crippen LogP contribution < -0.4 is 10.6 Å². The molecule has 0 unspecified atom stereocenters. The van der Waals surface area contributed by atoms with Crippen molar-refractivity contribution in [1.82, 2.24) is 0 Å². The highest BCUT2D eigenvalue weighted by molar-refractivity contribution is 6.28. The normalized spacial score (nSPS) is 12.2. The molecule has 0 atom stereocenters. The molecule has 0 aliphatic rings. The summed E-state index contributed by atoms with van der Waals surface area (Å²) >= 11 is 5.58. The van der Waals surface area contributed by atoms with Crippen LogP contribution in [0.15, 0.2) is 23.2 Å². The van der Waals surface area contributed by atoms with Gasteiger partial charge in [-0.25, -0.2) is 14.2 Å². The van der Waals surface area contributed by atoms with E-state index in [1.54, 1.807) is 20.8 Å². The number of hydrogen-bond donors (Lipinski definition) is 1. The quantitative estimate of drug-likeness (QED) is 0.528. The fourth-order valence-corrected chi connectivity index (χ4v) is 1.53. The summed E-state index contributed by atoms with van der Waals surface area (Å²) in [5.74, 6) is -0.293. The van der Waals surface area contributed by atoms with Gasteiger partial charge in [0.2, 0.25) is 0 Å². The molecule has 0 radical (unpaired) electrons. The van der Waals surface area contributed by atoms with E-state index in [1.165, 1.54) is 30.1 Å². The van der Waals surface area contributed by atoms with Crippen molar-refractivity contribution in [3.8, 4) is 0 Å². The Kier molecular flexibility index (Phi) is 5.54. The number of aliphatic imine (C=N–C) groups is 1. The molecule has 1 rings (SSSR count). The van der Waals surface area contributed by atoms with Crippen LogP contribution in [0.1, 0.15) is 20.8 Å². The van der Waals surface area contributed by atoms with E-state index < -0.39 is 17.5 Å². The predicted octanol–water partition coefficient (Wildman–Crippen LogP) is 3.42. The van der Waals surface area contributed by atoms with Crippen LogP contribution in [0.5, 0.6) is 0 Å². The van der Waals surface area contributed by atoms with Crippen LogP contribution in [0.25, 0.3) is 0 Å². The highest BCUT2D eigenvalue weighted by Gasteiger charge is 2.22. The largest absolute Gasteiger partial charge is 0.443 e. The number of hydrogen-bond acceptors (Lipinski definition) is 3. The van der Waals surface area contributed by atoms with Crippen molar-refractivity contribution in [3.05, 3.63) is 24.0 Å². The van der Waals surface area contributed by atoms with Gasteiger partial charge in [-0.3, -0.25) is 4.90 Å². The van der Waals surface area contributed by atoms with Gasteiger partial charge in [-0.05, 0) is 39.0 Å². The van der Waals surface area contributed by atoms with E-state index >= 15 is 0 Å². The molecule has 116 valence electrons. The maximum Gasteiger partial charge on any atom is 0.414 e. The van der Waals surface area contributed by atoms with E-state index in [9.17, 15) is 9.18 Å². The Labute approximate surface area is 128 Å². The van der Waals surface area contributed by atoms with Crippen molar-refractivity contribution in [3.63, 3.8) is 0 Å². The summed E-state index contributed by atoms with van der Waals surface area (Å²) < 4.78 is 18.7. The zero-order valence-corrected chi connectivity index (χ0v) is 13.2. The molecular weight excluding hydrogens is 297 g/mol. The first-order valence-corrected chi connectivity index (χ1v) is 6.83. The number of halogens is 2. The second kappa shape index (κ2) is 6.76. The Morgan fingerprint density at radius 3 is 2.62 bits per heavy atom. The summed E-state index contributed by atoms with van der Waals surface area (Å²) in [4.78, 5) is 17.3. The van der Waals surface area contributed by atoms with Crippen molar-refractivity contribution < 1.29 is 13.9 Å². The van der Waals surface area contributed by atoms with E-state index in [0.717, 1.165) is 0 Å². The Morgan fingerprint density at radius 1 is 1.48 bits per heavy atom. The molecule has 0 heterocycles. The average Bonchev–Trinajstić information content (AvgIpc) is 2.37. The molecule has 0 spiro atoms. The zero-order valence-electron chi connectivity index (χ0n) is 12.5. The minimum absolute atomic E-state index is 0.0347. The van der Waals surface area contributed by atoms with Crippen LogP contribution in [0.3, 0.4) is 0 Å². The van der Waals surface area contributed by atoms with E-state index in [2.05, 4.69) is 4.99 Å². The number of nitrogens with zero attached hydrogens (tertiary/aromatic N) is 2. The molecule has 1 aromatic rings. The maximum absolute atomic E-state index is 13.4. The lowest BCUT2D eigenvalue weighted by Gasteiger charge is -2.25. The van der Waals surface area contributed by atoms with Gasteiger partial charge in [-0.2, -0.15) is 0 Å². The number of amidine groups is 1. The topological polar surface area (TPSA) is 67.9 Å². The molecule has 0 aliphatic carbocycles. The van der Waals surface area contributed by atoms with Gasteiger partial charge in [-0.15, -0.1) is 11.6 Å². The van der Waals surface area contributed by atoms with Gasteiger partial charge in [0.25, 0.3) is 0 Å². The summed E-state index contributed by atoms with van der Waals surface area (Å²) in [6.07, 6.45) is -0.617. The highest BCUT2D eigenvalue weighted by atomic mass is 35.5. The number of anilines is 1. The molecule has 7 heteroatoms. The van der Waals surface area contributed by atoms with Crippen LogP contribution >= 0.6 is 11.6 Å². The van der Waals surface area contributed by atoms with E-state index in [1.807, 2.05) is 0 Å². The van der Waals surface area contributed by atoms with Crippen LogP contribution in [-0.4, -0.2) is 30.5 Å². The van der Waals surface area contributed by atoms with Crippen LogP contribution in [0.2, 0.25) is 0 Å². The highest BCUT2D eigenvalue weighted by Crippen LogP contribution is 2.30. The fourth-order valence-electron chi connectivity index (χ4n) is 1.47. The predicted molar refractivity (Wildman–Crippen MR) is 83.0 cm³/mol. The second-order valence-electron chi connectivity index (χ2n) is 5.41. The molecule has 21 heavy (non-hydrogen) atoms. The summed E-state index contributed by atoms with van der Waals surface area (Å²) in [6.45, 7) is 5.23. The number of alkyl halides is 1. The minimum atomic E-state index is -0.655. The fraction of sp³-hybridized carbons (Fsp3) is 0.429. The Hall–Kier alpha value is -1.82. The third-order valence-corrected chi connectivity index (χ3v) is 2.64. The van der Waals surface area contributed by atoms with Gasteiger partial charge in [0.05, 0.1) is 17.3 Å². The third kappa shape index (κ3) is 5.23. The number of benzene rings is 1. The van der Waals surface area contributed by atoms with Crippen molar-refractivity contribution in [2.45, 2.75) is 26.4 Å². The molecule has 5 nitrogen and oxygen atoms in total. The van der Waals surface area contributed by atoms with Crippen molar-refractivity contribution in [1.29, 1.82) is 0 Å². The molecule has 1 aromatic carbocycles. The van der Waals surface area contributed by atoms with Gasteiger partial charge in [0.1, 0.15) is 17.3 Å². The van der Waals surface area contributed by atoms with Crippen LogP contribution in [0, 0.1) is 5.82 Å². The lowest BCUT2D eigenvalue weighted by molar-refractivity contribution is 0.0589. The van der Waals surface area contributed by atoms with Gasteiger partial charge in [0, 0.05) is 7.05 Å². The Balaban J connectivity index is 3.16. The lowest BCUT2D eigenvalue weighted by Crippen LogP contribution is -2.34. The molecule has 2 N–H and O–H groups in total. The van der Waals surface area contributed by atoms with Gasteiger partial charge in [-0.1, -0.05) is 0 Å². The minimum Gasteiger partial charge on any atom is -0.443 e. The van der Waals surface area contributed by atoms with Crippen molar-refractivity contribution >= 4 is 34.9 Å². The van der Waals surface area contributed by atoms with E-state index in [0.29, 0.717) is 5.69 Å². The van der Waals surface area contributed by atoms with E-state index in [4.69, 9.17) is 22.1 Å². The summed E-state index contributed by atoms with van der Waals surface area (Å²) in [7, 11) is 1.47. The molecule has 0 aliphatic heterocycles.